The monoisotopic (exact) mass is 240 g/mol. The van der Waals surface area contributed by atoms with Crippen molar-refractivity contribution in [2.24, 2.45) is 7.05 Å². The number of aryl methyl sites for hydroxylation is 1. The topological polar surface area (TPSA) is 80.5 Å². The summed E-state index contributed by atoms with van der Waals surface area (Å²) in [5, 5.41) is 16.6. The Morgan fingerprint density at radius 1 is 1.71 bits per heavy atom. The number of nitrogens with zero attached hydrogens (tertiary/aromatic N) is 4. The minimum Gasteiger partial charge on any atom is -0.481 e. The maximum atomic E-state index is 10.6. The van der Waals surface area contributed by atoms with Crippen LogP contribution < -0.4 is 0 Å². The Labute approximate surface area is 99.0 Å². The first-order valence-electron chi connectivity index (χ1n) is 5.54. The highest BCUT2D eigenvalue weighted by Gasteiger charge is 2.23. The molecule has 7 heteroatoms. The first-order valence-corrected chi connectivity index (χ1v) is 5.54. The number of carboxylic acids is 1. The van der Waals surface area contributed by atoms with Crippen molar-refractivity contribution in [2.75, 3.05) is 19.7 Å². The highest BCUT2D eigenvalue weighted by atomic mass is 16.5. The third kappa shape index (κ3) is 3.50. The van der Waals surface area contributed by atoms with E-state index in [9.17, 15) is 4.79 Å². The molecule has 1 N–H and O–H groups in total. The van der Waals surface area contributed by atoms with Crippen LogP contribution in [0.5, 0.6) is 0 Å². The number of morpholine rings is 1. The van der Waals surface area contributed by atoms with Crippen LogP contribution in [0.2, 0.25) is 0 Å². The fraction of sp³-hybridized carbons (Fsp3) is 0.700. The second-order valence-electron chi connectivity index (χ2n) is 4.21. The van der Waals surface area contributed by atoms with Gasteiger partial charge in [-0.25, -0.2) is 0 Å². The summed E-state index contributed by atoms with van der Waals surface area (Å²) in [5.41, 5.74) is 0.892. The lowest BCUT2D eigenvalue weighted by Gasteiger charge is -2.31. The summed E-state index contributed by atoms with van der Waals surface area (Å²) in [4.78, 5) is 12.8. The molecule has 0 amide bonds. The second-order valence-corrected chi connectivity index (χ2v) is 4.21. The summed E-state index contributed by atoms with van der Waals surface area (Å²) in [7, 11) is 1.82. The average molecular weight is 240 g/mol. The van der Waals surface area contributed by atoms with Gasteiger partial charge in [-0.15, -0.1) is 5.10 Å². The zero-order valence-corrected chi connectivity index (χ0v) is 9.74. The van der Waals surface area contributed by atoms with E-state index in [1.54, 1.807) is 4.68 Å². The minimum atomic E-state index is -0.823. The molecule has 0 spiro atoms. The van der Waals surface area contributed by atoms with Gasteiger partial charge in [0.15, 0.2) is 0 Å². The molecule has 1 aliphatic rings. The van der Waals surface area contributed by atoms with Crippen molar-refractivity contribution < 1.29 is 14.6 Å². The van der Waals surface area contributed by atoms with Gasteiger partial charge in [0.1, 0.15) is 0 Å². The predicted octanol–water partition coefficient (Wildman–Crippen LogP) is -0.509. The number of carboxylic acid groups (broad SMARTS) is 1. The summed E-state index contributed by atoms with van der Waals surface area (Å²) in [6.45, 7) is 2.68. The third-order valence-corrected chi connectivity index (χ3v) is 2.66. The number of aliphatic carboxylic acids is 1. The number of ether oxygens (including phenoxy) is 1. The average Bonchev–Trinajstić information content (AvgIpc) is 2.63. The Balaban J connectivity index is 1.87. The van der Waals surface area contributed by atoms with E-state index < -0.39 is 5.97 Å². The lowest BCUT2D eigenvalue weighted by molar-refractivity contribution is -0.142. The molecule has 0 aromatic carbocycles. The lowest BCUT2D eigenvalue weighted by Crippen LogP contribution is -2.42. The van der Waals surface area contributed by atoms with Crippen LogP contribution in [-0.4, -0.2) is 56.8 Å². The van der Waals surface area contributed by atoms with Crippen LogP contribution in [-0.2, 0) is 23.1 Å². The van der Waals surface area contributed by atoms with E-state index >= 15 is 0 Å². The Bertz CT molecular complexity index is 393. The van der Waals surface area contributed by atoms with Crippen LogP contribution in [0, 0.1) is 0 Å². The van der Waals surface area contributed by atoms with E-state index in [1.807, 2.05) is 13.2 Å². The van der Waals surface area contributed by atoms with E-state index in [0.29, 0.717) is 19.7 Å². The first kappa shape index (κ1) is 12.0. The Hall–Kier alpha value is -1.47. The SMILES string of the molecule is Cn1cc(CN2CCOC(CC(=O)O)C2)nn1. The fourth-order valence-corrected chi connectivity index (χ4v) is 1.94. The molecule has 1 fully saturated rings. The van der Waals surface area contributed by atoms with Crippen molar-refractivity contribution in [3.8, 4) is 0 Å². The summed E-state index contributed by atoms with van der Waals surface area (Å²) in [5.74, 6) is -0.823. The number of carbonyl (C=O) groups is 1. The quantitative estimate of drug-likeness (QED) is 0.763. The lowest BCUT2D eigenvalue weighted by atomic mass is 10.2. The molecule has 0 radical (unpaired) electrons. The smallest absolute Gasteiger partial charge is 0.306 e. The van der Waals surface area contributed by atoms with E-state index in [1.165, 1.54) is 0 Å². The molecule has 17 heavy (non-hydrogen) atoms. The molecule has 2 heterocycles. The highest BCUT2D eigenvalue weighted by molar-refractivity contribution is 5.67. The first-order chi connectivity index (χ1) is 8.13. The van der Waals surface area contributed by atoms with Gasteiger partial charge in [-0.1, -0.05) is 5.21 Å². The molecule has 1 aromatic rings. The van der Waals surface area contributed by atoms with Crippen molar-refractivity contribution in [3.63, 3.8) is 0 Å². The molecule has 1 unspecified atom stereocenters. The van der Waals surface area contributed by atoms with Crippen LogP contribution >= 0.6 is 0 Å². The highest BCUT2D eigenvalue weighted by Crippen LogP contribution is 2.11. The number of rotatable bonds is 4. The van der Waals surface area contributed by atoms with Gasteiger partial charge >= 0.3 is 5.97 Å². The normalized spacial score (nSPS) is 21.6. The van der Waals surface area contributed by atoms with Gasteiger partial charge in [0.25, 0.3) is 0 Å². The Morgan fingerprint density at radius 2 is 2.53 bits per heavy atom. The van der Waals surface area contributed by atoms with Gasteiger partial charge in [0.05, 0.1) is 24.8 Å². The summed E-state index contributed by atoms with van der Waals surface area (Å²) in [6, 6.07) is 0. The Morgan fingerprint density at radius 3 is 3.18 bits per heavy atom. The maximum Gasteiger partial charge on any atom is 0.306 e. The largest absolute Gasteiger partial charge is 0.481 e. The van der Waals surface area contributed by atoms with Crippen LogP contribution in [0.3, 0.4) is 0 Å². The van der Waals surface area contributed by atoms with Gasteiger partial charge in [0.2, 0.25) is 0 Å². The summed E-state index contributed by atoms with van der Waals surface area (Å²) < 4.78 is 7.06. The molecule has 0 bridgehead atoms. The number of hydrogen-bond acceptors (Lipinski definition) is 5. The van der Waals surface area contributed by atoms with Crippen molar-refractivity contribution in [2.45, 2.75) is 19.1 Å². The van der Waals surface area contributed by atoms with Crippen molar-refractivity contribution in [3.05, 3.63) is 11.9 Å². The van der Waals surface area contributed by atoms with E-state index in [4.69, 9.17) is 9.84 Å². The van der Waals surface area contributed by atoms with Crippen LogP contribution in [0.25, 0.3) is 0 Å². The summed E-state index contributed by atoms with van der Waals surface area (Å²) in [6.07, 6.45) is 1.69. The van der Waals surface area contributed by atoms with Crippen LogP contribution in [0.4, 0.5) is 0 Å². The van der Waals surface area contributed by atoms with Crippen LogP contribution in [0.15, 0.2) is 6.20 Å². The fourth-order valence-electron chi connectivity index (χ4n) is 1.94. The van der Waals surface area contributed by atoms with Crippen molar-refractivity contribution in [1.29, 1.82) is 0 Å². The van der Waals surface area contributed by atoms with Gasteiger partial charge in [-0.3, -0.25) is 14.4 Å². The van der Waals surface area contributed by atoms with Gasteiger partial charge in [-0.2, -0.15) is 0 Å². The molecule has 94 valence electrons. The molecular formula is C10H16N4O3. The van der Waals surface area contributed by atoms with E-state index in [2.05, 4.69) is 15.2 Å². The standard InChI is InChI=1S/C10H16N4O3/c1-13-5-8(11-12-13)6-14-2-3-17-9(7-14)4-10(15)16/h5,9H,2-4,6-7H2,1H3,(H,15,16). The molecule has 7 nitrogen and oxygen atoms in total. The van der Waals surface area contributed by atoms with E-state index in [-0.39, 0.29) is 12.5 Å². The van der Waals surface area contributed by atoms with Crippen molar-refractivity contribution >= 4 is 5.97 Å². The zero-order valence-electron chi connectivity index (χ0n) is 9.74. The molecule has 2 rings (SSSR count). The molecule has 1 aromatic heterocycles. The molecule has 1 aliphatic heterocycles. The third-order valence-electron chi connectivity index (χ3n) is 2.66. The summed E-state index contributed by atoms with van der Waals surface area (Å²) >= 11 is 0. The number of aromatic nitrogens is 3. The van der Waals surface area contributed by atoms with Crippen molar-refractivity contribution in [1.82, 2.24) is 19.9 Å². The molecule has 0 aliphatic carbocycles. The maximum absolute atomic E-state index is 10.6. The molecule has 0 saturated carbocycles. The predicted molar refractivity (Wildman–Crippen MR) is 58.3 cm³/mol. The minimum absolute atomic E-state index is 0.0525. The number of hydrogen-bond donors (Lipinski definition) is 1. The van der Waals surface area contributed by atoms with Gasteiger partial charge in [-0.05, 0) is 0 Å². The van der Waals surface area contributed by atoms with Crippen LogP contribution in [0.1, 0.15) is 12.1 Å². The Kier molecular flexibility index (Phi) is 3.70. The van der Waals surface area contributed by atoms with Gasteiger partial charge < -0.3 is 9.84 Å². The molecular weight excluding hydrogens is 224 g/mol. The zero-order chi connectivity index (χ0) is 12.3. The van der Waals surface area contributed by atoms with E-state index in [0.717, 1.165) is 12.2 Å². The molecule has 1 atom stereocenters. The van der Waals surface area contributed by atoms with Gasteiger partial charge in [0, 0.05) is 32.9 Å². The second kappa shape index (κ2) is 5.24. The molecule has 1 saturated heterocycles.